The van der Waals surface area contributed by atoms with Crippen molar-refractivity contribution in [3.8, 4) is 5.75 Å². The van der Waals surface area contributed by atoms with E-state index in [4.69, 9.17) is 4.74 Å². The Morgan fingerprint density at radius 3 is 2.77 bits per heavy atom. The molecule has 0 spiro atoms. The quantitative estimate of drug-likeness (QED) is 0.661. The minimum absolute atomic E-state index is 0.0698. The summed E-state index contributed by atoms with van der Waals surface area (Å²) in [6.07, 6.45) is 1.58. The highest BCUT2D eigenvalue weighted by Crippen LogP contribution is 2.25. The minimum Gasteiger partial charge on any atom is -0.497 e. The van der Waals surface area contributed by atoms with Crippen LogP contribution in [0.4, 0.5) is 10.1 Å². The largest absolute Gasteiger partial charge is 0.497 e. The summed E-state index contributed by atoms with van der Waals surface area (Å²) in [5.41, 5.74) is 3.70. The number of nitrogens with one attached hydrogen (secondary N) is 1. The van der Waals surface area contributed by atoms with E-state index in [1.807, 2.05) is 0 Å². The van der Waals surface area contributed by atoms with Gasteiger partial charge in [0.15, 0.2) is 0 Å². The maximum absolute atomic E-state index is 13.3. The molecule has 0 aromatic heterocycles. The van der Waals surface area contributed by atoms with Crippen molar-refractivity contribution in [3.05, 3.63) is 59.9 Å². The third-order valence-electron chi connectivity index (χ3n) is 4.12. The number of amides is 2. The number of carbonyl (C=O) groups excluding carboxylic acids is 2. The maximum atomic E-state index is 13.3. The minimum atomic E-state index is -0.529. The maximum Gasteiger partial charge on any atom is 0.245 e. The Labute approximate surface area is 150 Å². The van der Waals surface area contributed by atoms with Gasteiger partial charge in [-0.3, -0.25) is 9.59 Å². The van der Waals surface area contributed by atoms with Crippen LogP contribution in [0, 0.1) is 11.7 Å². The molecule has 0 saturated carbocycles. The SMILES string of the molecule is COc1ccc(C=NNC(=O)C2CC(=O)N(c3cccc(F)c3)C2)cc1. The summed E-state index contributed by atoms with van der Waals surface area (Å²) in [5.74, 6) is -0.781. The Hall–Kier alpha value is -3.22. The number of methoxy groups -OCH3 is 1. The molecule has 0 radical (unpaired) electrons. The number of benzene rings is 2. The summed E-state index contributed by atoms with van der Waals surface area (Å²) >= 11 is 0. The predicted octanol–water partition coefficient (Wildman–Crippen LogP) is 2.34. The van der Waals surface area contributed by atoms with Crippen LogP contribution in [0.5, 0.6) is 5.75 Å². The third kappa shape index (κ3) is 4.05. The zero-order valence-electron chi connectivity index (χ0n) is 14.2. The van der Waals surface area contributed by atoms with Crippen molar-refractivity contribution in [2.24, 2.45) is 11.0 Å². The average Bonchev–Trinajstić information content (AvgIpc) is 3.04. The van der Waals surface area contributed by atoms with Gasteiger partial charge in [0.25, 0.3) is 0 Å². The fourth-order valence-electron chi connectivity index (χ4n) is 2.73. The fraction of sp³-hybridized carbons (Fsp3) is 0.211. The molecule has 1 aliphatic rings. The molecule has 1 N–H and O–H groups in total. The van der Waals surface area contributed by atoms with Crippen molar-refractivity contribution in [1.82, 2.24) is 5.43 Å². The van der Waals surface area contributed by atoms with E-state index < -0.39 is 11.7 Å². The number of hydrazone groups is 1. The van der Waals surface area contributed by atoms with Gasteiger partial charge in [-0.2, -0.15) is 5.10 Å². The molecular formula is C19H18FN3O3. The lowest BCUT2D eigenvalue weighted by molar-refractivity contribution is -0.126. The number of ether oxygens (including phenoxy) is 1. The van der Waals surface area contributed by atoms with Gasteiger partial charge in [0, 0.05) is 18.7 Å². The van der Waals surface area contributed by atoms with E-state index in [1.54, 1.807) is 37.4 Å². The summed E-state index contributed by atoms with van der Waals surface area (Å²) in [5, 5.41) is 3.92. The van der Waals surface area contributed by atoms with Crippen LogP contribution in [0.1, 0.15) is 12.0 Å². The zero-order chi connectivity index (χ0) is 18.5. The van der Waals surface area contributed by atoms with E-state index in [2.05, 4.69) is 10.5 Å². The lowest BCUT2D eigenvalue weighted by Gasteiger charge is -2.16. The smallest absolute Gasteiger partial charge is 0.245 e. The first-order valence-electron chi connectivity index (χ1n) is 8.09. The highest BCUT2D eigenvalue weighted by Gasteiger charge is 2.35. The molecule has 1 heterocycles. The number of hydrogen-bond acceptors (Lipinski definition) is 4. The van der Waals surface area contributed by atoms with Gasteiger partial charge in [-0.05, 0) is 48.0 Å². The first-order valence-corrected chi connectivity index (χ1v) is 8.09. The fourth-order valence-corrected chi connectivity index (χ4v) is 2.73. The molecule has 2 amide bonds. The molecule has 1 unspecified atom stereocenters. The molecule has 3 rings (SSSR count). The molecule has 0 aliphatic carbocycles. The standard InChI is InChI=1S/C19H18FN3O3/c1-26-17-7-5-13(6-8-17)11-21-22-19(25)14-9-18(24)23(12-14)16-4-2-3-15(20)10-16/h2-8,10-11,14H,9,12H2,1H3,(H,22,25). The van der Waals surface area contributed by atoms with Crippen molar-refractivity contribution in [2.45, 2.75) is 6.42 Å². The van der Waals surface area contributed by atoms with Crippen molar-refractivity contribution in [1.29, 1.82) is 0 Å². The molecule has 1 aliphatic heterocycles. The Morgan fingerprint density at radius 1 is 1.31 bits per heavy atom. The highest BCUT2D eigenvalue weighted by molar-refractivity contribution is 6.00. The first-order chi connectivity index (χ1) is 12.6. The van der Waals surface area contributed by atoms with Crippen LogP contribution in [-0.4, -0.2) is 31.7 Å². The topological polar surface area (TPSA) is 71.0 Å². The average molecular weight is 355 g/mol. The summed E-state index contributed by atoms with van der Waals surface area (Å²) in [7, 11) is 1.58. The Balaban J connectivity index is 1.58. The molecule has 1 saturated heterocycles. The second kappa shape index (κ2) is 7.77. The highest BCUT2D eigenvalue weighted by atomic mass is 19.1. The lowest BCUT2D eigenvalue weighted by Crippen LogP contribution is -2.30. The molecule has 2 aromatic carbocycles. The number of nitrogens with zero attached hydrogens (tertiary/aromatic N) is 2. The van der Waals surface area contributed by atoms with E-state index in [0.29, 0.717) is 5.69 Å². The zero-order valence-corrected chi connectivity index (χ0v) is 14.2. The van der Waals surface area contributed by atoms with Gasteiger partial charge >= 0.3 is 0 Å². The summed E-state index contributed by atoms with van der Waals surface area (Å²) in [4.78, 5) is 25.8. The molecule has 1 fully saturated rings. The van der Waals surface area contributed by atoms with Crippen LogP contribution >= 0.6 is 0 Å². The van der Waals surface area contributed by atoms with Crippen LogP contribution < -0.4 is 15.1 Å². The van der Waals surface area contributed by atoms with Crippen LogP contribution in [0.15, 0.2) is 53.6 Å². The van der Waals surface area contributed by atoms with Crippen LogP contribution in [0.25, 0.3) is 0 Å². The number of anilines is 1. The van der Waals surface area contributed by atoms with E-state index >= 15 is 0 Å². The van der Waals surface area contributed by atoms with Gasteiger partial charge in [-0.25, -0.2) is 9.82 Å². The van der Waals surface area contributed by atoms with E-state index in [9.17, 15) is 14.0 Å². The molecule has 26 heavy (non-hydrogen) atoms. The van der Waals surface area contributed by atoms with Gasteiger partial charge in [-0.1, -0.05) is 6.07 Å². The van der Waals surface area contributed by atoms with Crippen molar-refractivity contribution < 1.29 is 18.7 Å². The number of carbonyl (C=O) groups is 2. The molecule has 134 valence electrons. The Morgan fingerprint density at radius 2 is 2.08 bits per heavy atom. The normalized spacial score (nSPS) is 16.9. The second-order valence-electron chi connectivity index (χ2n) is 5.89. The van der Waals surface area contributed by atoms with E-state index in [0.717, 1.165) is 11.3 Å². The lowest BCUT2D eigenvalue weighted by atomic mass is 10.1. The summed E-state index contributed by atoms with van der Waals surface area (Å²) in [6.45, 7) is 0.201. The Kier molecular flexibility index (Phi) is 5.26. The van der Waals surface area contributed by atoms with Crippen molar-refractivity contribution in [3.63, 3.8) is 0 Å². The van der Waals surface area contributed by atoms with Gasteiger partial charge in [0.05, 0.1) is 19.2 Å². The number of rotatable bonds is 5. The number of hydrogen-bond donors (Lipinski definition) is 1. The molecule has 1 atom stereocenters. The second-order valence-corrected chi connectivity index (χ2v) is 5.89. The van der Waals surface area contributed by atoms with Crippen molar-refractivity contribution in [2.75, 3.05) is 18.6 Å². The predicted molar refractivity (Wildman–Crippen MR) is 95.6 cm³/mol. The monoisotopic (exact) mass is 355 g/mol. The molecular weight excluding hydrogens is 337 g/mol. The summed E-state index contributed by atoms with van der Waals surface area (Å²) in [6, 6.07) is 12.9. The van der Waals surface area contributed by atoms with Crippen molar-refractivity contribution >= 4 is 23.7 Å². The van der Waals surface area contributed by atoms with Gasteiger partial charge in [0.1, 0.15) is 11.6 Å². The van der Waals surface area contributed by atoms with Crippen LogP contribution in [-0.2, 0) is 9.59 Å². The molecule has 7 heteroatoms. The van der Waals surface area contributed by atoms with E-state index in [1.165, 1.54) is 29.3 Å². The molecule has 2 aromatic rings. The number of halogens is 1. The third-order valence-corrected chi connectivity index (χ3v) is 4.12. The van der Waals surface area contributed by atoms with Gasteiger partial charge in [-0.15, -0.1) is 0 Å². The molecule has 6 nitrogen and oxygen atoms in total. The molecule has 0 bridgehead atoms. The Bertz CT molecular complexity index is 836. The summed E-state index contributed by atoms with van der Waals surface area (Å²) < 4.78 is 18.4. The van der Waals surface area contributed by atoms with Gasteiger partial charge < -0.3 is 9.64 Å². The van der Waals surface area contributed by atoms with Crippen LogP contribution in [0.3, 0.4) is 0 Å². The van der Waals surface area contributed by atoms with E-state index in [-0.39, 0.29) is 24.8 Å². The van der Waals surface area contributed by atoms with Gasteiger partial charge in [0.2, 0.25) is 11.8 Å². The van der Waals surface area contributed by atoms with Crippen LogP contribution in [0.2, 0.25) is 0 Å². The first kappa shape index (κ1) is 17.6.